The molecule has 1 aromatic carbocycles. The molecule has 0 aliphatic carbocycles. The van der Waals surface area contributed by atoms with Crippen molar-refractivity contribution in [2.24, 2.45) is 0 Å². The van der Waals surface area contributed by atoms with Gasteiger partial charge in [0.25, 0.3) is 0 Å². The molecule has 92 valence electrons. The predicted molar refractivity (Wildman–Crippen MR) is 61.1 cm³/mol. The average Bonchev–Trinajstić information content (AvgIpc) is 2.74. The van der Waals surface area contributed by atoms with E-state index in [0.29, 0.717) is 18.0 Å². The number of rotatable bonds is 4. The highest BCUT2D eigenvalue weighted by Gasteiger charge is 2.27. The van der Waals surface area contributed by atoms with Gasteiger partial charge in [0, 0.05) is 12.1 Å². The average molecular weight is 237 g/mol. The number of hydrogen-bond donors (Lipinski definition) is 2. The van der Waals surface area contributed by atoms with E-state index in [4.69, 9.17) is 14.6 Å². The molecule has 2 rings (SSSR count). The summed E-state index contributed by atoms with van der Waals surface area (Å²) in [5, 5.41) is 12.0. The summed E-state index contributed by atoms with van der Waals surface area (Å²) in [6.45, 7) is 3.88. The molecule has 0 aromatic heterocycles. The van der Waals surface area contributed by atoms with Crippen LogP contribution in [-0.4, -0.2) is 23.4 Å². The van der Waals surface area contributed by atoms with Crippen LogP contribution in [0.3, 0.4) is 0 Å². The fraction of sp³-hybridized carbons (Fsp3) is 0.417. The minimum atomic E-state index is -0.970. The lowest BCUT2D eigenvalue weighted by molar-refractivity contribution is -0.143. The summed E-state index contributed by atoms with van der Waals surface area (Å²) in [5.74, 6) is 0.515. The third-order valence-corrected chi connectivity index (χ3v) is 2.73. The monoisotopic (exact) mass is 237 g/mol. The third-order valence-electron chi connectivity index (χ3n) is 2.73. The minimum absolute atomic E-state index is 0.217. The Labute approximate surface area is 99.3 Å². The summed E-state index contributed by atoms with van der Waals surface area (Å²) in [6, 6.07) is 5.57. The number of para-hydroxylation sites is 1. The zero-order valence-electron chi connectivity index (χ0n) is 9.82. The van der Waals surface area contributed by atoms with Gasteiger partial charge in [-0.2, -0.15) is 0 Å². The first-order valence-corrected chi connectivity index (χ1v) is 5.36. The Morgan fingerprint density at radius 3 is 2.94 bits per heavy atom. The van der Waals surface area contributed by atoms with Crippen molar-refractivity contribution in [3.63, 3.8) is 0 Å². The Balaban J connectivity index is 2.10. The smallest absolute Gasteiger partial charge is 0.323 e. The predicted octanol–water partition coefficient (Wildman–Crippen LogP) is 1.37. The van der Waals surface area contributed by atoms with E-state index in [1.54, 1.807) is 13.8 Å². The number of benzene rings is 1. The van der Waals surface area contributed by atoms with Crippen LogP contribution < -0.4 is 14.8 Å². The highest BCUT2D eigenvalue weighted by molar-refractivity contribution is 5.77. The third kappa shape index (κ3) is 2.34. The first-order valence-electron chi connectivity index (χ1n) is 5.36. The fourth-order valence-corrected chi connectivity index (χ4v) is 1.52. The van der Waals surface area contributed by atoms with Crippen molar-refractivity contribution in [2.45, 2.75) is 25.9 Å². The van der Waals surface area contributed by atoms with Gasteiger partial charge in [0.05, 0.1) is 0 Å². The van der Waals surface area contributed by atoms with Crippen LogP contribution in [0.5, 0.6) is 11.5 Å². The molecule has 0 radical (unpaired) electrons. The van der Waals surface area contributed by atoms with Gasteiger partial charge in [-0.25, -0.2) is 0 Å². The van der Waals surface area contributed by atoms with Crippen LogP contribution in [-0.2, 0) is 11.3 Å². The Bertz CT molecular complexity index is 442. The Morgan fingerprint density at radius 2 is 2.24 bits per heavy atom. The molecule has 0 amide bonds. The van der Waals surface area contributed by atoms with Crippen LogP contribution in [0.25, 0.3) is 0 Å². The molecule has 0 saturated heterocycles. The zero-order valence-corrected chi connectivity index (χ0v) is 9.82. The molecular formula is C12H15NO4. The second-order valence-electron chi connectivity index (χ2n) is 4.43. The number of carbonyl (C=O) groups is 1. The fourth-order valence-electron chi connectivity index (χ4n) is 1.52. The van der Waals surface area contributed by atoms with Crippen LogP contribution >= 0.6 is 0 Å². The van der Waals surface area contributed by atoms with E-state index >= 15 is 0 Å². The van der Waals surface area contributed by atoms with Crippen molar-refractivity contribution in [1.29, 1.82) is 0 Å². The Kier molecular flexibility index (Phi) is 2.93. The second kappa shape index (κ2) is 4.25. The minimum Gasteiger partial charge on any atom is -0.480 e. The lowest BCUT2D eigenvalue weighted by Crippen LogP contribution is -2.46. The highest BCUT2D eigenvalue weighted by atomic mass is 16.7. The highest BCUT2D eigenvalue weighted by Crippen LogP contribution is 2.35. The van der Waals surface area contributed by atoms with Gasteiger partial charge in [0.15, 0.2) is 11.5 Å². The van der Waals surface area contributed by atoms with Crippen LogP contribution in [0.1, 0.15) is 19.4 Å². The molecule has 1 aromatic rings. The number of ether oxygens (including phenoxy) is 2. The molecule has 0 fully saturated rings. The quantitative estimate of drug-likeness (QED) is 0.827. The van der Waals surface area contributed by atoms with Gasteiger partial charge in [-0.15, -0.1) is 0 Å². The van der Waals surface area contributed by atoms with Crippen molar-refractivity contribution in [1.82, 2.24) is 5.32 Å². The number of carboxylic acid groups (broad SMARTS) is 1. The molecule has 17 heavy (non-hydrogen) atoms. The van der Waals surface area contributed by atoms with Gasteiger partial charge in [0.1, 0.15) is 5.54 Å². The van der Waals surface area contributed by atoms with Crippen LogP contribution in [0, 0.1) is 0 Å². The first-order chi connectivity index (χ1) is 8.00. The standard InChI is InChI=1S/C12H15NO4/c1-12(2,11(14)15)13-6-8-4-3-5-9-10(8)17-7-16-9/h3-5,13H,6-7H2,1-2H3,(H,14,15). The van der Waals surface area contributed by atoms with E-state index in [1.807, 2.05) is 18.2 Å². The van der Waals surface area contributed by atoms with Gasteiger partial charge in [0.2, 0.25) is 6.79 Å². The maximum absolute atomic E-state index is 11.0. The van der Waals surface area contributed by atoms with Crippen molar-refractivity contribution in [3.05, 3.63) is 23.8 Å². The van der Waals surface area contributed by atoms with Crippen molar-refractivity contribution < 1.29 is 19.4 Å². The summed E-state index contributed by atoms with van der Waals surface area (Å²) in [5.41, 5.74) is -0.0725. The van der Waals surface area contributed by atoms with Crippen LogP contribution in [0.15, 0.2) is 18.2 Å². The van der Waals surface area contributed by atoms with Crippen molar-refractivity contribution in [3.8, 4) is 11.5 Å². The van der Waals surface area contributed by atoms with Crippen molar-refractivity contribution in [2.75, 3.05) is 6.79 Å². The summed E-state index contributed by atoms with van der Waals surface area (Å²) >= 11 is 0. The number of carboxylic acids is 1. The molecule has 0 bridgehead atoms. The molecule has 5 heteroatoms. The second-order valence-corrected chi connectivity index (χ2v) is 4.43. The first kappa shape index (κ1) is 11.7. The molecule has 1 aliphatic heterocycles. The lowest BCUT2D eigenvalue weighted by atomic mass is 10.1. The number of hydrogen-bond acceptors (Lipinski definition) is 4. The Hall–Kier alpha value is -1.75. The van der Waals surface area contributed by atoms with Crippen LogP contribution in [0.4, 0.5) is 0 Å². The van der Waals surface area contributed by atoms with Crippen molar-refractivity contribution >= 4 is 5.97 Å². The van der Waals surface area contributed by atoms with Gasteiger partial charge >= 0.3 is 5.97 Å². The molecule has 5 nitrogen and oxygen atoms in total. The van der Waals surface area contributed by atoms with E-state index in [1.165, 1.54) is 0 Å². The molecule has 0 saturated carbocycles. The van der Waals surface area contributed by atoms with Crippen LogP contribution in [0.2, 0.25) is 0 Å². The molecular weight excluding hydrogens is 222 g/mol. The lowest BCUT2D eigenvalue weighted by Gasteiger charge is -2.21. The van der Waals surface area contributed by atoms with E-state index in [-0.39, 0.29) is 6.79 Å². The summed E-state index contributed by atoms with van der Waals surface area (Å²) < 4.78 is 10.6. The van der Waals surface area contributed by atoms with E-state index < -0.39 is 11.5 Å². The van der Waals surface area contributed by atoms with Gasteiger partial charge in [-0.3, -0.25) is 10.1 Å². The molecule has 0 atom stereocenters. The maximum Gasteiger partial charge on any atom is 0.323 e. The largest absolute Gasteiger partial charge is 0.480 e. The molecule has 2 N–H and O–H groups in total. The molecule has 1 aliphatic rings. The van der Waals surface area contributed by atoms with E-state index in [2.05, 4.69) is 5.32 Å². The summed E-state index contributed by atoms with van der Waals surface area (Å²) in [6.07, 6.45) is 0. The number of aliphatic carboxylic acids is 1. The maximum atomic E-state index is 11.0. The van der Waals surface area contributed by atoms with E-state index in [0.717, 1.165) is 5.56 Å². The molecule has 0 unspecified atom stereocenters. The van der Waals surface area contributed by atoms with Gasteiger partial charge in [-0.05, 0) is 19.9 Å². The van der Waals surface area contributed by atoms with E-state index in [9.17, 15) is 4.79 Å². The molecule has 0 spiro atoms. The summed E-state index contributed by atoms with van der Waals surface area (Å²) in [7, 11) is 0. The number of fused-ring (bicyclic) bond motifs is 1. The summed E-state index contributed by atoms with van der Waals surface area (Å²) in [4.78, 5) is 11.0. The Morgan fingerprint density at radius 1 is 1.47 bits per heavy atom. The zero-order chi connectivity index (χ0) is 12.5. The van der Waals surface area contributed by atoms with Gasteiger partial charge < -0.3 is 14.6 Å². The normalized spacial score (nSPS) is 13.8. The van der Waals surface area contributed by atoms with Gasteiger partial charge in [-0.1, -0.05) is 12.1 Å². The topological polar surface area (TPSA) is 67.8 Å². The molecule has 1 heterocycles. The SMILES string of the molecule is CC(C)(NCc1cccc2c1OCO2)C(=O)O. The number of nitrogens with one attached hydrogen (secondary N) is 1.